The van der Waals surface area contributed by atoms with Crippen molar-refractivity contribution in [3.05, 3.63) is 152 Å². The summed E-state index contributed by atoms with van der Waals surface area (Å²) in [5.74, 6) is 4.96. The number of nitrogens with two attached hydrogens (primary N) is 2. The fourth-order valence-electron chi connectivity index (χ4n) is 10.9. The highest BCUT2D eigenvalue weighted by atomic mass is 32.1. The minimum Gasteiger partial charge on any atom is -0.495 e. The van der Waals surface area contributed by atoms with Crippen LogP contribution in [0.25, 0.3) is 22.3 Å². The number of aromatic amines is 1. The van der Waals surface area contributed by atoms with E-state index in [0.29, 0.717) is 51.6 Å². The Labute approximate surface area is 522 Å². The smallest absolute Gasteiger partial charge is 0.186 e. The Morgan fingerprint density at radius 1 is 0.580 bits per heavy atom. The van der Waals surface area contributed by atoms with Crippen LogP contribution in [0.15, 0.2) is 124 Å². The standard InChI is InChI=1S/C22H25N5OS.C21H25N7OS.C20H20N6O2S/c1-28-18-8-7-15(14-5-3-2-4-6-14)11-17(18)27-22-19(21(24)25-13-26-22)20(23)16-9-10-29-12-16;1-27-6-8-28(9-7-27)15-3-4-17(29-2)16(11-15)26-21-18(20(23)24-13-25-21)19(22)14-5-10-30-12-14;1-27-16-3-2-14(26-5-7-28-8-6-26)10-15(16)23-19-17-18(13-4-9-29-11-13)24-25-20(17)22-12-21-19/h7-14,23H,2-6H2,1H3,(H3,24,25,26,27);3-5,10-13,22H,6-9H2,1-2H3,(H3,23,24,25,26);2-4,9-12H,5-8H2,1H3,(H2,21,22,23,24,25). The number of hydrogen-bond donors (Lipinski definition) is 8. The Morgan fingerprint density at radius 3 is 1.61 bits per heavy atom. The first-order chi connectivity index (χ1) is 43.1. The third kappa shape index (κ3) is 13.9. The number of nitrogen functional groups attached to an aromatic ring is 2. The van der Waals surface area contributed by atoms with Crippen molar-refractivity contribution in [3.63, 3.8) is 0 Å². The van der Waals surface area contributed by atoms with E-state index in [1.54, 1.807) is 32.7 Å². The lowest BCUT2D eigenvalue weighted by molar-refractivity contribution is 0.122. The van der Waals surface area contributed by atoms with Crippen LogP contribution in [0, 0.1) is 10.8 Å². The number of nitrogens with zero attached hydrogens (tertiary/aromatic N) is 10. The van der Waals surface area contributed by atoms with E-state index in [-0.39, 0.29) is 17.3 Å². The van der Waals surface area contributed by atoms with Crippen LogP contribution >= 0.6 is 34.0 Å². The van der Waals surface area contributed by atoms with Crippen LogP contribution in [0.3, 0.4) is 0 Å². The third-order valence-corrected chi connectivity index (χ3v) is 17.8. The number of thiophene rings is 3. The van der Waals surface area contributed by atoms with Gasteiger partial charge in [0.15, 0.2) is 5.65 Å². The minimum atomic E-state index is 0.262. The van der Waals surface area contributed by atoms with Gasteiger partial charge in [0.05, 0.1) is 85.2 Å². The first-order valence-electron chi connectivity index (χ1n) is 28.8. The molecule has 0 atom stereocenters. The molecule has 0 amide bonds. The molecule has 10 aromatic rings. The average molecular weight is 1240 g/mol. The molecule has 0 spiro atoms. The minimum absolute atomic E-state index is 0.262. The Hall–Kier alpha value is -9.27. The van der Waals surface area contributed by atoms with Gasteiger partial charge in [-0.15, -0.1) is 0 Å². The lowest BCUT2D eigenvalue weighted by Gasteiger charge is -2.34. The summed E-state index contributed by atoms with van der Waals surface area (Å²) in [6, 6.07) is 24.3. The van der Waals surface area contributed by atoms with E-state index in [4.69, 9.17) is 41.2 Å². The summed E-state index contributed by atoms with van der Waals surface area (Å²) in [6.07, 6.45) is 10.7. The molecule has 3 fully saturated rings. The molecule has 2 aliphatic heterocycles. The molecule has 1 saturated carbocycles. The molecular weight excluding hydrogens is 1170 g/mol. The number of anilines is 10. The molecule has 1 aliphatic carbocycles. The van der Waals surface area contributed by atoms with E-state index < -0.39 is 0 Å². The highest BCUT2D eigenvalue weighted by molar-refractivity contribution is 7.08. The van der Waals surface area contributed by atoms with Crippen molar-refractivity contribution in [2.75, 3.05) is 118 Å². The van der Waals surface area contributed by atoms with E-state index in [0.717, 1.165) is 120 Å². The van der Waals surface area contributed by atoms with E-state index in [9.17, 15) is 0 Å². The third-order valence-electron chi connectivity index (χ3n) is 15.7. The molecule has 13 rings (SSSR count). The molecule has 0 bridgehead atoms. The first kappa shape index (κ1) is 60.4. The average Bonchev–Trinajstić information content (AvgIpc) is 2.47. The fourth-order valence-corrected chi connectivity index (χ4v) is 12.9. The van der Waals surface area contributed by atoms with Gasteiger partial charge in [0.1, 0.15) is 65.3 Å². The molecule has 22 nitrogen and oxygen atoms in total. The van der Waals surface area contributed by atoms with Crippen molar-refractivity contribution in [1.82, 2.24) is 45.0 Å². The molecule has 0 radical (unpaired) electrons. The van der Waals surface area contributed by atoms with Gasteiger partial charge in [-0.05, 0) is 114 Å². The zero-order chi connectivity index (χ0) is 60.9. The number of rotatable bonds is 17. The van der Waals surface area contributed by atoms with Gasteiger partial charge in [0.25, 0.3) is 0 Å². The lowest BCUT2D eigenvalue weighted by atomic mass is 9.84. The number of piperazine rings is 1. The number of methoxy groups -OCH3 is 3. The number of benzene rings is 3. The molecular formula is C63H70N18O4S3. The zero-order valence-corrected chi connectivity index (χ0v) is 51.8. The number of likely N-dealkylation sites (N-methyl/N-ethyl adjacent to an activating group) is 1. The van der Waals surface area contributed by atoms with Crippen LogP contribution < -0.4 is 51.4 Å². The van der Waals surface area contributed by atoms with E-state index in [1.165, 1.54) is 79.3 Å². The monoisotopic (exact) mass is 1240 g/mol. The molecule has 88 heavy (non-hydrogen) atoms. The van der Waals surface area contributed by atoms with E-state index in [1.807, 2.05) is 63.3 Å². The topological polar surface area (TPSA) is 288 Å². The van der Waals surface area contributed by atoms with Crippen molar-refractivity contribution < 1.29 is 18.9 Å². The quantitative estimate of drug-likeness (QED) is 0.0393. The van der Waals surface area contributed by atoms with Crippen LogP contribution in [-0.4, -0.2) is 137 Å². The number of morpholine rings is 1. The highest BCUT2D eigenvalue weighted by Gasteiger charge is 2.24. The zero-order valence-electron chi connectivity index (χ0n) is 49.4. The normalized spacial score (nSPS) is 14.5. The summed E-state index contributed by atoms with van der Waals surface area (Å²) in [5.41, 5.74) is 24.0. The van der Waals surface area contributed by atoms with Crippen LogP contribution in [0.4, 0.5) is 57.5 Å². The van der Waals surface area contributed by atoms with Crippen molar-refractivity contribution >= 4 is 114 Å². The number of nitrogens with one attached hydrogen (secondary N) is 6. The molecule has 3 aromatic carbocycles. The summed E-state index contributed by atoms with van der Waals surface area (Å²) in [4.78, 5) is 32.7. The number of H-pyrrole nitrogens is 1. The lowest BCUT2D eigenvalue weighted by Crippen LogP contribution is -2.44. The Morgan fingerprint density at radius 2 is 1.08 bits per heavy atom. The molecule has 0 unspecified atom stereocenters. The maximum Gasteiger partial charge on any atom is 0.186 e. The summed E-state index contributed by atoms with van der Waals surface area (Å²) >= 11 is 4.70. The van der Waals surface area contributed by atoms with Crippen LogP contribution in [-0.2, 0) is 4.74 Å². The van der Waals surface area contributed by atoms with Crippen molar-refractivity contribution in [2.45, 2.75) is 38.0 Å². The second kappa shape index (κ2) is 28.5. The second-order valence-corrected chi connectivity index (χ2v) is 23.4. The molecule has 2 saturated heterocycles. The van der Waals surface area contributed by atoms with Gasteiger partial charge in [-0.1, -0.05) is 25.3 Å². The van der Waals surface area contributed by atoms with Crippen molar-refractivity contribution in [1.29, 1.82) is 10.8 Å². The number of hydrogen-bond acceptors (Lipinski definition) is 24. The van der Waals surface area contributed by atoms with Crippen LogP contribution in [0.5, 0.6) is 17.2 Å². The van der Waals surface area contributed by atoms with Gasteiger partial charge < -0.3 is 61.1 Å². The van der Waals surface area contributed by atoms with Crippen molar-refractivity contribution in [2.24, 2.45) is 0 Å². The molecule has 454 valence electrons. The Balaban J connectivity index is 0.000000136. The summed E-state index contributed by atoms with van der Waals surface area (Å²) < 4.78 is 22.2. The van der Waals surface area contributed by atoms with Gasteiger partial charge in [0.2, 0.25) is 0 Å². The van der Waals surface area contributed by atoms with Crippen LogP contribution in [0.2, 0.25) is 0 Å². The summed E-state index contributed by atoms with van der Waals surface area (Å²) in [5, 5.41) is 47.5. The second-order valence-electron chi connectivity index (χ2n) is 21.1. The van der Waals surface area contributed by atoms with Gasteiger partial charge in [0, 0.05) is 83.5 Å². The first-order valence-corrected chi connectivity index (χ1v) is 31.7. The maximum atomic E-state index is 8.62. The molecule has 25 heteroatoms. The summed E-state index contributed by atoms with van der Waals surface area (Å²) in [6.45, 7) is 7.20. The van der Waals surface area contributed by atoms with Crippen molar-refractivity contribution in [3.8, 4) is 28.5 Å². The largest absolute Gasteiger partial charge is 0.495 e. The van der Waals surface area contributed by atoms with Gasteiger partial charge in [-0.25, -0.2) is 29.9 Å². The van der Waals surface area contributed by atoms with E-state index in [2.05, 4.69) is 120 Å². The molecule has 10 N–H and O–H groups in total. The number of ether oxygens (including phenoxy) is 4. The van der Waals surface area contributed by atoms with Gasteiger partial charge >= 0.3 is 0 Å². The predicted molar refractivity (Wildman–Crippen MR) is 356 cm³/mol. The maximum absolute atomic E-state index is 8.62. The van der Waals surface area contributed by atoms with Gasteiger partial charge in [-0.2, -0.15) is 39.1 Å². The molecule has 3 aliphatic rings. The SMILES string of the molecule is COc1ccc(C2CCCCC2)cc1Nc1ncnc(N)c1C(=N)c1ccsc1.COc1ccc(N2CCN(C)CC2)cc1Nc1ncnc(N)c1C(=N)c1ccsc1.COc1ccc(N2CCOCC2)cc1Nc1ncnc2n[nH]c(-c3ccsc3)c12. The molecule has 9 heterocycles. The summed E-state index contributed by atoms with van der Waals surface area (Å²) in [7, 11) is 7.10. The predicted octanol–water partition coefficient (Wildman–Crippen LogP) is 12.0. The number of fused-ring (bicyclic) bond motifs is 1. The van der Waals surface area contributed by atoms with Crippen LogP contribution in [0.1, 0.15) is 65.8 Å². The van der Waals surface area contributed by atoms with Gasteiger partial charge in [-0.3, -0.25) is 15.9 Å². The highest BCUT2D eigenvalue weighted by Crippen LogP contribution is 2.40. The van der Waals surface area contributed by atoms with E-state index >= 15 is 0 Å². The fraction of sp³-hybridized carbons (Fsp3) is 0.286. The number of aromatic nitrogens is 8. The Kier molecular flexibility index (Phi) is 19.6. The Bertz CT molecular complexity index is 3960. The molecule has 7 aromatic heterocycles.